The molecule has 0 bridgehead atoms. The van der Waals surface area contributed by atoms with Crippen molar-refractivity contribution in [2.75, 3.05) is 20.8 Å². The summed E-state index contributed by atoms with van der Waals surface area (Å²) in [5.74, 6) is 1.81. The maximum atomic E-state index is 12.2. The molecule has 0 radical (unpaired) electrons. The van der Waals surface area contributed by atoms with E-state index in [-0.39, 0.29) is 5.91 Å². The predicted octanol–water partition coefficient (Wildman–Crippen LogP) is 4.16. The van der Waals surface area contributed by atoms with E-state index in [1.807, 2.05) is 34.2 Å². The van der Waals surface area contributed by atoms with Gasteiger partial charge in [0.1, 0.15) is 0 Å². The molecule has 4 aromatic rings. The molecule has 0 aliphatic carbocycles. The number of methoxy groups -OCH3 is 2. The number of aromatic nitrogens is 3. The molecule has 32 heavy (non-hydrogen) atoms. The Morgan fingerprint density at radius 2 is 1.91 bits per heavy atom. The highest BCUT2D eigenvalue weighted by molar-refractivity contribution is 7.15. The summed E-state index contributed by atoms with van der Waals surface area (Å²) in [4.78, 5) is 17.7. The van der Waals surface area contributed by atoms with E-state index in [1.165, 1.54) is 11.6 Å². The summed E-state index contributed by atoms with van der Waals surface area (Å²) in [5, 5.41) is 9.58. The minimum atomic E-state index is -0.162. The number of nitrogens with one attached hydrogen (secondary N) is 1. The number of rotatable bonds is 8. The molecule has 0 saturated carbocycles. The van der Waals surface area contributed by atoms with Crippen molar-refractivity contribution in [1.29, 1.82) is 0 Å². The molecule has 0 fully saturated rings. The minimum Gasteiger partial charge on any atom is -0.493 e. The van der Waals surface area contributed by atoms with Gasteiger partial charge in [-0.2, -0.15) is 4.98 Å². The molecular formula is C24H24N4O3S. The van der Waals surface area contributed by atoms with E-state index in [2.05, 4.69) is 34.5 Å². The fourth-order valence-electron chi connectivity index (χ4n) is 3.22. The summed E-state index contributed by atoms with van der Waals surface area (Å²) in [6.45, 7) is 2.55. The highest BCUT2D eigenvalue weighted by atomic mass is 32.1. The van der Waals surface area contributed by atoms with Crippen LogP contribution in [-0.2, 0) is 11.2 Å². The van der Waals surface area contributed by atoms with E-state index in [9.17, 15) is 4.79 Å². The van der Waals surface area contributed by atoms with Crippen molar-refractivity contribution in [2.45, 2.75) is 13.3 Å². The standard InChI is InChI=1S/C24H24N4O3S/c1-16-4-8-18(9-5-16)23-26-24-28(27-23)19(15-32-24)12-13-25-22(29)11-7-17-6-10-20(30-2)21(14-17)31-3/h4-11,14-15H,12-13H2,1-3H3,(H,25,29)/b11-7+. The van der Waals surface area contributed by atoms with Gasteiger partial charge in [-0.25, -0.2) is 4.52 Å². The average Bonchev–Trinajstić information content (AvgIpc) is 3.39. The Balaban J connectivity index is 1.35. The van der Waals surface area contributed by atoms with Crippen LogP contribution in [0.25, 0.3) is 22.4 Å². The first-order valence-corrected chi connectivity index (χ1v) is 11.0. The van der Waals surface area contributed by atoms with Crippen LogP contribution in [0.15, 0.2) is 53.9 Å². The summed E-state index contributed by atoms with van der Waals surface area (Å²) >= 11 is 1.55. The zero-order valence-electron chi connectivity index (χ0n) is 18.2. The van der Waals surface area contributed by atoms with Gasteiger partial charge in [-0.1, -0.05) is 35.9 Å². The molecule has 164 valence electrons. The van der Waals surface area contributed by atoms with Crippen LogP contribution in [0, 0.1) is 6.92 Å². The van der Waals surface area contributed by atoms with E-state index in [0.717, 1.165) is 21.8 Å². The van der Waals surface area contributed by atoms with Gasteiger partial charge < -0.3 is 14.8 Å². The van der Waals surface area contributed by atoms with Crippen LogP contribution in [0.4, 0.5) is 0 Å². The molecule has 2 heterocycles. The summed E-state index contributed by atoms with van der Waals surface area (Å²) < 4.78 is 12.4. The highest BCUT2D eigenvalue weighted by Gasteiger charge is 2.11. The van der Waals surface area contributed by atoms with Gasteiger partial charge in [-0.3, -0.25) is 4.79 Å². The van der Waals surface area contributed by atoms with Gasteiger partial charge in [0.25, 0.3) is 0 Å². The van der Waals surface area contributed by atoms with Crippen molar-refractivity contribution in [1.82, 2.24) is 19.9 Å². The van der Waals surface area contributed by atoms with Crippen molar-refractivity contribution >= 4 is 28.3 Å². The van der Waals surface area contributed by atoms with Gasteiger partial charge in [-0.05, 0) is 30.7 Å². The lowest BCUT2D eigenvalue weighted by Gasteiger charge is -2.07. The fourth-order valence-corrected chi connectivity index (χ4v) is 4.08. The van der Waals surface area contributed by atoms with E-state index in [1.54, 1.807) is 37.7 Å². The monoisotopic (exact) mass is 448 g/mol. The number of benzene rings is 2. The summed E-state index contributed by atoms with van der Waals surface area (Å²) in [7, 11) is 3.17. The van der Waals surface area contributed by atoms with Gasteiger partial charge in [0.05, 0.1) is 19.9 Å². The molecule has 0 aliphatic heterocycles. The topological polar surface area (TPSA) is 77.8 Å². The number of hydrogen-bond donors (Lipinski definition) is 1. The number of amides is 1. The number of carbonyl (C=O) groups excluding carboxylic acids is 1. The molecule has 0 spiro atoms. The third kappa shape index (κ3) is 4.81. The molecule has 4 rings (SSSR count). The van der Waals surface area contributed by atoms with Crippen LogP contribution in [0.3, 0.4) is 0 Å². The molecule has 0 aliphatic rings. The van der Waals surface area contributed by atoms with Gasteiger partial charge in [-0.15, -0.1) is 16.4 Å². The summed E-state index contributed by atoms with van der Waals surface area (Å²) in [6, 6.07) is 13.7. The molecule has 0 saturated heterocycles. The fraction of sp³-hybridized carbons (Fsp3) is 0.208. The first-order valence-electron chi connectivity index (χ1n) is 10.2. The van der Waals surface area contributed by atoms with Crippen molar-refractivity contribution in [3.05, 3.63) is 70.7 Å². The lowest BCUT2D eigenvalue weighted by Crippen LogP contribution is -2.23. The number of ether oxygens (including phenoxy) is 2. The van der Waals surface area contributed by atoms with Crippen molar-refractivity contribution in [2.24, 2.45) is 0 Å². The van der Waals surface area contributed by atoms with Crippen LogP contribution in [0.1, 0.15) is 16.8 Å². The number of carbonyl (C=O) groups is 1. The van der Waals surface area contributed by atoms with Crippen LogP contribution in [0.5, 0.6) is 11.5 Å². The zero-order valence-corrected chi connectivity index (χ0v) is 19.0. The smallest absolute Gasteiger partial charge is 0.244 e. The summed E-state index contributed by atoms with van der Waals surface area (Å²) in [5.41, 5.74) is 4.06. The number of hydrogen-bond acceptors (Lipinski definition) is 6. The Labute approximate surface area is 190 Å². The van der Waals surface area contributed by atoms with E-state index < -0.39 is 0 Å². The average molecular weight is 449 g/mol. The number of nitrogens with zero attached hydrogens (tertiary/aromatic N) is 3. The Morgan fingerprint density at radius 3 is 2.66 bits per heavy atom. The molecule has 7 nitrogen and oxygen atoms in total. The quantitative estimate of drug-likeness (QED) is 0.410. The highest BCUT2D eigenvalue weighted by Crippen LogP contribution is 2.28. The SMILES string of the molecule is COc1ccc(/C=C/C(=O)NCCc2csc3nc(-c4ccc(C)cc4)nn23)cc1OC. The minimum absolute atomic E-state index is 0.162. The van der Waals surface area contributed by atoms with Gasteiger partial charge in [0.15, 0.2) is 17.3 Å². The first-order chi connectivity index (χ1) is 15.6. The molecule has 1 amide bonds. The molecule has 2 aromatic heterocycles. The Hall–Kier alpha value is -3.65. The zero-order chi connectivity index (χ0) is 22.5. The van der Waals surface area contributed by atoms with Gasteiger partial charge in [0.2, 0.25) is 10.9 Å². The van der Waals surface area contributed by atoms with Gasteiger partial charge >= 0.3 is 0 Å². The van der Waals surface area contributed by atoms with Crippen molar-refractivity contribution in [3.8, 4) is 22.9 Å². The second-order valence-electron chi connectivity index (χ2n) is 7.21. The van der Waals surface area contributed by atoms with Crippen molar-refractivity contribution < 1.29 is 14.3 Å². The maximum absolute atomic E-state index is 12.2. The van der Waals surface area contributed by atoms with Crippen LogP contribution in [-0.4, -0.2) is 41.3 Å². The Kier molecular flexibility index (Phi) is 6.51. The number of thiazole rings is 1. The van der Waals surface area contributed by atoms with E-state index in [4.69, 9.17) is 9.47 Å². The lowest BCUT2D eigenvalue weighted by molar-refractivity contribution is -0.116. The Morgan fingerprint density at radius 1 is 1.12 bits per heavy atom. The summed E-state index contributed by atoms with van der Waals surface area (Å²) in [6.07, 6.45) is 3.91. The van der Waals surface area contributed by atoms with Crippen LogP contribution >= 0.6 is 11.3 Å². The third-order valence-corrected chi connectivity index (χ3v) is 5.84. The predicted molar refractivity (Wildman–Crippen MR) is 126 cm³/mol. The van der Waals surface area contributed by atoms with Gasteiger partial charge in [0, 0.05) is 30.0 Å². The van der Waals surface area contributed by atoms with Crippen molar-refractivity contribution in [3.63, 3.8) is 0 Å². The molecule has 8 heteroatoms. The molecule has 1 N–H and O–H groups in total. The molecular weight excluding hydrogens is 424 g/mol. The van der Waals surface area contributed by atoms with Crippen LogP contribution in [0.2, 0.25) is 0 Å². The number of fused-ring (bicyclic) bond motifs is 1. The maximum Gasteiger partial charge on any atom is 0.244 e. The number of aryl methyl sites for hydroxylation is 1. The second-order valence-corrected chi connectivity index (χ2v) is 8.05. The Bertz CT molecular complexity index is 1260. The van der Waals surface area contributed by atoms with Crippen LogP contribution < -0.4 is 14.8 Å². The second kappa shape index (κ2) is 9.65. The third-order valence-electron chi connectivity index (χ3n) is 4.97. The van der Waals surface area contributed by atoms with E-state index >= 15 is 0 Å². The molecule has 0 atom stereocenters. The lowest BCUT2D eigenvalue weighted by atomic mass is 10.1. The normalized spacial score (nSPS) is 11.2. The largest absolute Gasteiger partial charge is 0.493 e. The van der Waals surface area contributed by atoms with E-state index in [0.29, 0.717) is 30.3 Å². The molecule has 2 aromatic carbocycles. The molecule has 0 unspecified atom stereocenters. The first kappa shape index (κ1) is 21.6.